The average Bonchev–Trinajstić information content (AvgIpc) is 2.91. The summed E-state index contributed by atoms with van der Waals surface area (Å²) < 4.78 is 4.93. The van der Waals surface area contributed by atoms with Crippen molar-refractivity contribution in [2.75, 3.05) is 17.7 Å². The fourth-order valence-corrected chi connectivity index (χ4v) is 2.06. The van der Waals surface area contributed by atoms with Gasteiger partial charge in [-0.25, -0.2) is 14.8 Å². The second-order valence-corrected chi connectivity index (χ2v) is 4.60. The number of nitrogens with two attached hydrogens (primary N) is 1. The van der Waals surface area contributed by atoms with Crippen molar-refractivity contribution in [1.29, 1.82) is 0 Å². The summed E-state index contributed by atoms with van der Waals surface area (Å²) in [5.41, 5.74) is 6.52. The first-order valence-corrected chi connectivity index (χ1v) is 6.64. The third-order valence-electron chi connectivity index (χ3n) is 2.38. The van der Waals surface area contributed by atoms with Crippen molar-refractivity contribution in [3.8, 4) is 0 Å². The number of carbonyl (C=O) groups is 1. The summed E-state index contributed by atoms with van der Waals surface area (Å²) in [6, 6.07) is 1.54. The highest BCUT2D eigenvalue weighted by molar-refractivity contribution is 7.09. The highest BCUT2D eigenvalue weighted by Gasteiger charge is 2.14. The minimum absolute atomic E-state index is 0.289. The Morgan fingerprint density at radius 1 is 1.47 bits per heavy atom. The minimum Gasteiger partial charge on any atom is -0.462 e. The van der Waals surface area contributed by atoms with E-state index < -0.39 is 5.97 Å². The second-order valence-electron chi connectivity index (χ2n) is 3.62. The lowest BCUT2D eigenvalue weighted by Crippen LogP contribution is -2.11. The van der Waals surface area contributed by atoms with Gasteiger partial charge in [0.15, 0.2) is 0 Å². The molecule has 0 saturated carbocycles. The minimum atomic E-state index is -0.445. The summed E-state index contributed by atoms with van der Waals surface area (Å²) in [7, 11) is 0. The monoisotopic (exact) mass is 278 g/mol. The molecule has 2 heterocycles. The van der Waals surface area contributed by atoms with Gasteiger partial charge in [0.1, 0.15) is 10.8 Å². The van der Waals surface area contributed by atoms with Gasteiger partial charge in [-0.1, -0.05) is 0 Å². The zero-order chi connectivity index (χ0) is 13.7. The number of ether oxygens (including phenoxy) is 1. The number of nitrogen functional groups attached to an aromatic ring is 1. The van der Waals surface area contributed by atoms with Gasteiger partial charge in [-0.3, -0.25) is 0 Å². The largest absolute Gasteiger partial charge is 0.462 e. The van der Waals surface area contributed by atoms with E-state index in [1.54, 1.807) is 19.2 Å². The molecule has 7 heteroatoms. The fourth-order valence-electron chi connectivity index (χ4n) is 1.50. The molecule has 2 aromatic rings. The van der Waals surface area contributed by atoms with E-state index in [9.17, 15) is 4.79 Å². The topological polar surface area (TPSA) is 90.1 Å². The summed E-state index contributed by atoms with van der Waals surface area (Å²) in [6.45, 7) is 2.57. The van der Waals surface area contributed by atoms with Gasteiger partial charge in [0.2, 0.25) is 0 Å². The van der Waals surface area contributed by atoms with E-state index in [-0.39, 0.29) is 5.69 Å². The van der Waals surface area contributed by atoms with E-state index in [4.69, 9.17) is 10.5 Å². The molecule has 0 bridgehead atoms. The van der Waals surface area contributed by atoms with Crippen LogP contribution in [-0.2, 0) is 11.3 Å². The molecular weight excluding hydrogens is 264 g/mol. The van der Waals surface area contributed by atoms with E-state index in [0.717, 1.165) is 5.01 Å². The van der Waals surface area contributed by atoms with Gasteiger partial charge in [-0.15, -0.1) is 11.3 Å². The van der Waals surface area contributed by atoms with Gasteiger partial charge >= 0.3 is 5.97 Å². The van der Waals surface area contributed by atoms with Crippen molar-refractivity contribution in [3.63, 3.8) is 0 Å². The number of rotatable bonds is 5. The lowest BCUT2D eigenvalue weighted by Gasteiger charge is -2.10. The van der Waals surface area contributed by atoms with Crippen LogP contribution in [0, 0.1) is 0 Å². The Balaban J connectivity index is 2.13. The first-order valence-electron chi connectivity index (χ1n) is 5.76. The Kier molecular flexibility index (Phi) is 4.30. The maximum atomic E-state index is 11.7. The SMILES string of the molecule is CCOC(=O)c1ccnc(NCc2nccs2)c1N. The quantitative estimate of drug-likeness (QED) is 0.812. The van der Waals surface area contributed by atoms with Crippen molar-refractivity contribution < 1.29 is 9.53 Å². The highest BCUT2D eigenvalue weighted by Crippen LogP contribution is 2.21. The number of aromatic nitrogens is 2. The smallest absolute Gasteiger partial charge is 0.340 e. The van der Waals surface area contributed by atoms with Gasteiger partial charge in [0, 0.05) is 17.8 Å². The van der Waals surface area contributed by atoms with Crippen molar-refractivity contribution >= 4 is 28.8 Å². The van der Waals surface area contributed by atoms with Crippen molar-refractivity contribution in [2.45, 2.75) is 13.5 Å². The molecule has 0 aliphatic rings. The zero-order valence-electron chi connectivity index (χ0n) is 10.4. The van der Waals surface area contributed by atoms with Gasteiger partial charge in [-0.05, 0) is 13.0 Å². The van der Waals surface area contributed by atoms with Crippen LogP contribution in [0.25, 0.3) is 0 Å². The Labute approximate surface area is 114 Å². The molecule has 19 heavy (non-hydrogen) atoms. The van der Waals surface area contributed by atoms with E-state index in [2.05, 4.69) is 15.3 Å². The van der Waals surface area contributed by atoms with Crippen molar-refractivity contribution in [2.24, 2.45) is 0 Å². The van der Waals surface area contributed by atoms with Gasteiger partial charge in [0.05, 0.1) is 24.4 Å². The summed E-state index contributed by atoms with van der Waals surface area (Å²) in [5, 5.41) is 5.87. The second kappa shape index (κ2) is 6.14. The number of nitrogens with one attached hydrogen (secondary N) is 1. The van der Waals surface area contributed by atoms with E-state index in [1.807, 2.05) is 5.38 Å². The number of carbonyl (C=O) groups excluding carboxylic acids is 1. The molecular formula is C12H14N4O2S. The lowest BCUT2D eigenvalue weighted by molar-refractivity contribution is 0.0527. The third kappa shape index (κ3) is 3.19. The molecule has 2 rings (SSSR count). The molecule has 6 nitrogen and oxygen atoms in total. The van der Waals surface area contributed by atoms with E-state index >= 15 is 0 Å². The predicted octanol–water partition coefficient (Wildman–Crippen LogP) is 1.91. The summed E-state index contributed by atoms with van der Waals surface area (Å²) in [4.78, 5) is 19.9. The number of esters is 1. The van der Waals surface area contributed by atoms with Crippen LogP contribution in [0.3, 0.4) is 0 Å². The molecule has 0 saturated heterocycles. The molecule has 0 atom stereocenters. The number of hydrogen-bond donors (Lipinski definition) is 2. The molecule has 0 fully saturated rings. The van der Waals surface area contributed by atoms with Gasteiger partial charge < -0.3 is 15.8 Å². The molecule has 3 N–H and O–H groups in total. The summed E-state index contributed by atoms with van der Waals surface area (Å²) in [5.74, 6) is 0.0143. The van der Waals surface area contributed by atoms with Gasteiger partial charge in [0.25, 0.3) is 0 Å². The Morgan fingerprint density at radius 2 is 2.32 bits per heavy atom. The maximum Gasteiger partial charge on any atom is 0.340 e. The number of nitrogens with zero attached hydrogens (tertiary/aromatic N) is 2. The number of hydrogen-bond acceptors (Lipinski definition) is 7. The lowest BCUT2D eigenvalue weighted by atomic mass is 10.2. The van der Waals surface area contributed by atoms with Crippen LogP contribution in [-0.4, -0.2) is 22.5 Å². The van der Waals surface area contributed by atoms with Crippen LogP contribution in [0.2, 0.25) is 0 Å². The van der Waals surface area contributed by atoms with E-state index in [0.29, 0.717) is 24.5 Å². The molecule has 0 aromatic carbocycles. The average molecular weight is 278 g/mol. The summed E-state index contributed by atoms with van der Waals surface area (Å²) in [6.07, 6.45) is 3.25. The Morgan fingerprint density at radius 3 is 3.00 bits per heavy atom. The zero-order valence-corrected chi connectivity index (χ0v) is 11.2. The number of pyridine rings is 1. The predicted molar refractivity (Wildman–Crippen MR) is 74.0 cm³/mol. The molecule has 2 aromatic heterocycles. The maximum absolute atomic E-state index is 11.7. The van der Waals surface area contributed by atoms with Crippen LogP contribution in [0.4, 0.5) is 11.5 Å². The van der Waals surface area contributed by atoms with Crippen LogP contribution in [0.5, 0.6) is 0 Å². The molecule has 0 aliphatic carbocycles. The van der Waals surface area contributed by atoms with Crippen molar-refractivity contribution in [3.05, 3.63) is 34.4 Å². The summed E-state index contributed by atoms with van der Waals surface area (Å²) >= 11 is 1.53. The molecule has 100 valence electrons. The van der Waals surface area contributed by atoms with Crippen LogP contribution >= 0.6 is 11.3 Å². The number of thiazole rings is 1. The normalized spacial score (nSPS) is 10.2. The molecule has 0 aliphatic heterocycles. The third-order valence-corrected chi connectivity index (χ3v) is 3.16. The highest BCUT2D eigenvalue weighted by atomic mass is 32.1. The molecule has 0 radical (unpaired) electrons. The van der Waals surface area contributed by atoms with Crippen molar-refractivity contribution in [1.82, 2.24) is 9.97 Å². The molecule has 0 spiro atoms. The Bertz CT molecular complexity index is 557. The standard InChI is InChI=1S/C12H14N4O2S/c1-2-18-12(17)8-3-4-15-11(10(8)13)16-7-9-14-5-6-19-9/h3-6H,2,7,13H2,1H3,(H,15,16). The Hall–Kier alpha value is -2.15. The van der Waals surface area contributed by atoms with Gasteiger partial charge in [-0.2, -0.15) is 0 Å². The van der Waals surface area contributed by atoms with Crippen LogP contribution in [0.15, 0.2) is 23.8 Å². The van der Waals surface area contributed by atoms with E-state index in [1.165, 1.54) is 17.5 Å². The van der Waals surface area contributed by atoms with Crippen LogP contribution in [0.1, 0.15) is 22.3 Å². The first kappa shape index (κ1) is 13.3. The molecule has 0 unspecified atom stereocenters. The number of anilines is 2. The molecule has 0 amide bonds. The first-order chi connectivity index (χ1) is 9.22. The van der Waals surface area contributed by atoms with Crippen LogP contribution < -0.4 is 11.1 Å². The fraction of sp³-hybridized carbons (Fsp3) is 0.250.